The van der Waals surface area contributed by atoms with Crippen molar-refractivity contribution >= 4 is 17.7 Å². The maximum Gasteiger partial charge on any atom is 0.230 e. The average Bonchev–Trinajstić information content (AvgIpc) is 3.18. The standard InChI is InChI=1S/C15H24N4OS/c20-14(17-12-6-4-2-1-3-5-7-12)10-21-15-18-16-11-19(15)13-8-9-13/h11-13H,1-10H2,(H,17,20). The maximum absolute atomic E-state index is 12.1. The number of thioether (sulfide) groups is 1. The van der Waals surface area contributed by atoms with Gasteiger partial charge in [-0.15, -0.1) is 10.2 Å². The zero-order valence-corrected chi connectivity index (χ0v) is 13.3. The molecule has 0 aromatic carbocycles. The van der Waals surface area contributed by atoms with Crippen LogP contribution in [0.5, 0.6) is 0 Å². The van der Waals surface area contributed by atoms with Crippen LogP contribution in [0, 0.1) is 0 Å². The van der Waals surface area contributed by atoms with Crippen LogP contribution in [0.25, 0.3) is 0 Å². The summed E-state index contributed by atoms with van der Waals surface area (Å²) in [6.07, 6.45) is 12.9. The smallest absolute Gasteiger partial charge is 0.230 e. The minimum Gasteiger partial charge on any atom is -0.353 e. The van der Waals surface area contributed by atoms with Crippen molar-refractivity contribution in [2.45, 2.75) is 75.0 Å². The van der Waals surface area contributed by atoms with E-state index < -0.39 is 0 Å². The summed E-state index contributed by atoms with van der Waals surface area (Å²) in [5, 5.41) is 12.2. The van der Waals surface area contributed by atoms with E-state index in [1.165, 1.54) is 56.7 Å². The van der Waals surface area contributed by atoms with Crippen molar-refractivity contribution in [1.29, 1.82) is 0 Å². The fourth-order valence-electron chi connectivity index (χ4n) is 2.94. The Balaban J connectivity index is 1.43. The number of nitrogens with one attached hydrogen (secondary N) is 1. The third-order valence-electron chi connectivity index (χ3n) is 4.28. The highest BCUT2D eigenvalue weighted by atomic mass is 32.2. The Morgan fingerprint density at radius 3 is 2.62 bits per heavy atom. The topological polar surface area (TPSA) is 59.8 Å². The monoisotopic (exact) mass is 308 g/mol. The molecule has 0 bridgehead atoms. The molecule has 0 saturated heterocycles. The number of nitrogens with zero attached hydrogens (tertiary/aromatic N) is 3. The molecule has 0 unspecified atom stereocenters. The third-order valence-corrected chi connectivity index (χ3v) is 5.24. The second kappa shape index (κ2) is 7.29. The SMILES string of the molecule is O=C(CSc1nncn1C1CC1)NC1CCCCCCC1. The van der Waals surface area contributed by atoms with Crippen molar-refractivity contribution in [3.63, 3.8) is 0 Å². The fourth-order valence-corrected chi connectivity index (χ4v) is 3.73. The van der Waals surface area contributed by atoms with Gasteiger partial charge in [0.15, 0.2) is 5.16 Å². The summed E-state index contributed by atoms with van der Waals surface area (Å²) in [4.78, 5) is 12.1. The summed E-state index contributed by atoms with van der Waals surface area (Å²) in [7, 11) is 0. The summed E-state index contributed by atoms with van der Waals surface area (Å²) in [6.45, 7) is 0. The van der Waals surface area contributed by atoms with Crippen LogP contribution in [0.2, 0.25) is 0 Å². The van der Waals surface area contributed by atoms with Gasteiger partial charge in [0, 0.05) is 12.1 Å². The first-order chi connectivity index (χ1) is 10.3. The van der Waals surface area contributed by atoms with E-state index in [9.17, 15) is 4.79 Å². The summed E-state index contributed by atoms with van der Waals surface area (Å²) in [5.74, 6) is 0.581. The first-order valence-corrected chi connectivity index (χ1v) is 9.13. The lowest BCUT2D eigenvalue weighted by Crippen LogP contribution is -2.36. The molecule has 1 aromatic heterocycles. The molecule has 1 heterocycles. The molecule has 5 nitrogen and oxygen atoms in total. The Morgan fingerprint density at radius 1 is 1.19 bits per heavy atom. The Labute approximate surface area is 130 Å². The highest BCUT2D eigenvalue weighted by Gasteiger charge is 2.26. The molecule has 0 aliphatic heterocycles. The van der Waals surface area contributed by atoms with Crippen molar-refractivity contribution in [1.82, 2.24) is 20.1 Å². The van der Waals surface area contributed by atoms with Crippen molar-refractivity contribution in [2.75, 3.05) is 5.75 Å². The van der Waals surface area contributed by atoms with Gasteiger partial charge in [0.1, 0.15) is 6.33 Å². The Bertz CT molecular complexity index is 464. The molecule has 2 saturated carbocycles. The molecule has 0 spiro atoms. The van der Waals surface area contributed by atoms with E-state index in [-0.39, 0.29) is 5.91 Å². The number of carbonyl (C=O) groups is 1. The molecule has 0 atom stereocenters. The van der Waals surface area contributed by atoms with Crippen LogP contribution in [0.4, 0.5) is 0 Å². The molecule has 3 rings (SSSR count). The molecule has 21 heavy (non-hydrogen) atoms. The van der Waals surface area contributed by atoms with Gasteiger partial charge in [-0.3, -0.25) is 4.79 Å². The molecule has 6 heteroatoms. The summed E-state index contributed by atoms with van der Waals surface area (Å²) >= 11 is 1.51. The molecule has 2 aliphatic rings. The van der Waals surface area contributed by atoms with Gasteiger partial charge in [0.25, 0.3) is 0 Å². The van der Waals surface area contributed by atoms with Crippen molar-refractivity contribution in [3.8, 4) is 0 Å². The molecule has 1 aromatic rings. The van der Waals surface area contributed by atoms with Crippen LogP contribution in [-0.4, -0.2) is 32.5 Å². The van der Waals surface area contributed by atoms with E-state index in [1.54, 1.807) is 6.33 Å². The predicted octanol–water partition coefficient (Wildman–Crippen LogP) is 2.93. The number of carbonyl (C=O) groups excluding carboxylic acids is 1. The van der Waals surface area contributed by atoms with Gasteiger partial charge in [-0.1, -0.05) is 43.9 Å². The minimum absolute atomic E-state index is 0.135. The predicted molar refractivity (Wildman–Crippen MR) is 83.3 cm³/mol. The maximum atomic E-state index is 12.1. The Morgan fingerprint density at radius 2 is 1.90 bits per heavy atom. The first-order valence-electron chi connectivity index (χ1n) is 8.14. The third kappa shape index (κ3) is 4.46. The van der Waals surface area contributed by atoms with E-state index in [1.807, 2.05) is 0 Å². The van der Waals surface area contributed by atoms with Crippen LogP contribution in [-0.2, 0) is 4.79 Å². The van der Waals surface area contributed by atoms with E-state index in [0.717, 1.165) is 18.0 Å². The van der Waals surface area contributed by atoms with Crippen LogP contribution in [0.15, 0.2) is 11.5 Å². The van der Waals surface area contributed by atoms with Crippen molar-refractivity contribution in [3.05, 3.63) is 6.33 Å². The van der Waals surface area contributed by atoms with Gasteiger partial charge in [0.2, 0.25) is 5.91 Å². The number of rotatable bonds is 5. The molecule has 116 valence electrons. The fraction of sp³-hybridized carbons (Fsp3) is 0.800. The molecule has 1 amide bonds. The quantitative estimate of drug-likeness (QED) is 0.850. The van der Waals surface area contributed by atoms with Gasteiger partial charge >= 0.3 is 0 Å². The van der Waals surface area contributed by atoms with Crippen LogP contribution in [0.1, 0.15) is 63.8 Å². The normalized spacial score (nSPS) is 20.8. The Kier molecular flexibility index (Phi) is 5.17. The lowest BCUT2D eigenvalue weighted by atomic mass is 9.97. The summed E-state index contributed by atoms with van der Waals surface area (Å²) in [6, 6.07) is 0.941. The average molecular weight is 308 g/mol. The van der Waals surface area contributed by atoms with Crippen LogP contribution >= 0.6 is 11.8 Å². The van der Waals surface area contributed by atoms with E-state index >= 15 is 0 Å². The first kappa shape index (κ1) is 14.9. The number of hydrogen-bond donors (Lipinski definition) is 1. The van der Waals surface area contributed by atoms with Crippen molar-refractivity contribution in [2.24, 2.45) is 0 Å². The summed E-state index contributed by atoms with van der Waals surface area (Å²) < 4.78 is 2.10. The second-order valence-electron chi connectivity index (χ2n) is 6.15. The van der Waals surface area contributed by atoms with Gasteiger partial charge in [-0.25, -0.2) is 0 Å². The number of amides is 1. The lowest BCUT2D eigenvalue weighted by Gasteiger charge is -2.20. The van der Waals surface area contributed by atoms with Crippen molar-refractivity contribution < 1.29 is 4.79 Å². The van der Waals surface area contributed by atoms with E-state index in [0.29, 0.717) is 17.8 Å². The molecule has 2 fully saturated rings. The van der Waals surface area contributed by atoms with Gasteiger partial charge in [-0.2, -0.15) is 0 Å². The lowest BCUT2D eigenvalue weighted by molar-refractivity contribution is -0.119. The van der Waals surface area contributed by atoms with Crippen LogP contribution in [0.3, 0.4) is 0 Å². The highest BCUT2D eigenvalue weighted by Crippen LogP contribution is 2.37. The van der Waals surface area contributed by atoms with E-state index in [4.69, 9.17) is 0 Å². The minimum atomic E-state index is 0.135. The zero-order chi connectivity index (χ0) is 14.5. The molecule has 2 aliphatic carbocycles. The largest absolute Gasteiger partial charge is 0.353 e. The zero-order valence-electron chi connectivity index (χ0n) is 12.5. The number of aromatic nitrogens is 3. The van der Waals surface area contributed by atoms with Gasteiger partial charge in [0.05, 0.1) is 5.75 Å². The summed E-state index contributed by atoms with van der Waals surface area (Å²) in [5.41, 5.74) is 0. The molecule has 0 radical (unpaired) electrons. The molecule has 1 N–H and O–H groups in total. The Hall–Kier alpha value is -1.04. The number of hydrogen-bond acceptors (Lipinski definition) is 4. The van der Waals surface area contributed by atoms with E-state index in [2.05, 4.69) is 20.1 Å². The van der Waals surface area contributed by atoms with Gasteiger partial charge in [-0.05, 0) is 25.7 Å². The molecular formula is C15H24N4OS. The van der Waals surface area contributed by atoms with Gasteiger partial charge < -0.3 is 9.88 Å². The van der Waals surface area contributed by atoms with Crippen LogP contribution < -0.4 is 5.32 Å². The molecular weight excluding hydrogens is 284 g/mol. The second-order valence-corrected chi connectivity index (χ2v) is 7.09. The highest BCUT2D eigenvalue weighted by molar-refractivity contribution is 7.99.